The minimum atomic E-state index is -4.68. The molecule has 0 aromatic rings. The van der Waals surface area contributed by atoms with E-state index in [2.05, 4.69) is 0 Å². The van der Waals surface area contributed by atoms with Crippen molar-refractivity contribution in [3.05, 3.63) is 0 Å². The standard InChI is InChI=1S/C16H18F6N2O4/c17-15(18,19)13-1-11(13,7-25)3-23(5-13)9(27)10(28)24-4-12(8-26)2-14(12,6-24)16(20,21)22/h25-26H,1-8H2/t11-,12-,13-,14-/m1/s1. The van der Waals surface area contributed by atoms with Crippen LogP contribution in [0.5, 0.6) is 0 Å². The lowest BCUT2D eigenvalue weighted by molar-refractivity contribution is -0.196. The third-order valence-electron chi connectivity index (χ3n) is 7.42. The molecule has 2 N–H and O–H groups in total. The van der Waals surface area contributed by atoms with Crippen molar-refractivity contribution in [3.63, 3.8) is 0 Å². The Labute approximate surface area is 155 Å². The number of fused-ring (bicyclic) bond motifs is 2. The summed E-state index contributed by atoms with van der Waals surface area (Å²) in [6.45, 7) is -4.16. The molecular formula is C16H18F6N2O4. The van der Waals surface area contributed by atoms with E-state index < -0.39 is 85.2 Å². The van der Waals surface area contributed by atoms with Crippen LogP contribution in [-0.4, -0.2) is 83.6 Å². The molecule has 2 saturated carbocycles. The maximum absolute atomic E-state index is 13.4. The molecule has 2 amide bonds. The van der Waals surface area contributed by atoms with Gasteiger partial charge >= 0.3 is 24.2 Å². The van der Waals surface area contributed by atoms with E-state index in [1.54, 1.807) is 0 Å². The maximum Gasteiger partial charge on any atom is 0.396 e. The van der Waals surface area contributed by atoms with E-state index >= 15 is 0 Å². The minimum absolute atomic E-state index is 0.355. The summed E-state index contributed by atoms with van der Waals surface area (Å²) >= 11 is 0. The zero-order chi connectivity index (χ0) is 21.0. The van der Waals surface area contributed by atoms with Crippen molar-refractivity contribution < 1.29 is 46.1 Å². The molecule has 0 aromatic heterocycles. The van der Waals surface area contributed by atoms with Crippen LogP contribution in [0.4, 0.5) is 26.3 Å². The molecule has 12 heteroatoms. The smallest absolute Gasteiger partial charge is 0.396 e. The highest BCUT2D eigenvalue weighted by molar-refractivity contribution is 6.35. The Bertz CT molecular complexity index is 694. The van der Waals surface area contributed by atoms with Gasteiger partial charge in [0, 0.05) is 37.0 Å². The Morgan fingerprint density at radius 1 is 0.714 bits per heavy atom. The summed E-state index contributed by atoms with van der Waals surface area (Å²) in [7, 11) is 0. The number of aliphatic hydroxyl groups excluding tert-OH is 2. The quantitative estimate of drug-likeness (QED) is 0.509. The number of amides is 2. The van der Waals surface area contributed by atoms with E-state index in [1.807, 2.05) is 0 Å². The molecule has 4 rings (SSSR count). The Morgan fingerprint density at radius 2 is 1.04 bits per heavy atom. The number of aliphatic hydroxyl groups is 2. The maximum atomic E-state index is 13.4. The van der Waals surface area contributed by atoms with Gasteiger partial charge in [0.15, 0.2) is 0 Å². The van der Waals surface area contributed by atoms with Crippen LogP contribution < -0.4 is 0 Å². The number of hydrogen-bond acceptors (Lipinski definition) is 4. The Balaban J connectivity index is 1.50. The zero-order valence-corrected chi connectivity index (χ0v) is 14.5. The number of carbonyl (C=O) groups excluding carboxylic acids is 2. The molecule has 2 aliphatic heterocycles. The van der Waals surface area contributed by atoms with Crippen LogP contribution in [-0.2, 0) is 9.59 Å². The fourth-order valence-corrected chi connectivity index (χ4v) is 5.48. The molecule has 4 atom stereocenters. The fraction of sp³-hybridized carbons (Fsp3) is 0.875. The molecule has 2 saturated heterocycles. The van der Waals surface area contributed by atoms with Crippen LogP contribution >= 0.6 is 0 Å². The summed E-state index contributed by atoms with van der Waals surface area (Å²) in [5.74, 6) is -2.62. The summed E-state index contributed by atoms with van der Waals surface area (Å²) in [6.07, 6.45) is -10.1. The van der Waals surface area contributed by atoms with Crippen LogP contribution in [0, 0.1) is 21.7 Å². The summed E-state index contributed by atoms with van der Waals surface area (Å²) in [6, 6.07) is 0. The summed E-state index contributed by atoms with van der Waals surface area (Å²) in [4.78, 5) is 26.2. The van der Waals surface area contributed by atoms with Gasteiger partial charge in [-0.25, -0.2) is 0 Å². The number of halogens is 6. The van der Waals surface area contributed by atoms with Gasteiger partial charge in [-0.3, -0.25) is 9.59 Å². The normalized spacial score (nSPS) is 41.7. The van der Waals surface area contributed by atoms with Crippen LogP contribution in [0.1, 0.15) is 12.8 Å². The predicted octanol–water partition coefficient (Wildman–Crippen LogP) is 0.533. The molecule has 0 radical (unpaired) electrons. The number of piperidine rings is 2. The molecule has 158 valence electrons. The first kappa shape index (κ1) is 19.7. The first-order valence-corrected chi connectivity index (χ1v) is 8.67. The third kappa shape index (κ3) is 2.08. The second-order valence-corrected chi connectivity index (χ2v) is 8.71. The van der Waals surface area contributed by atoms with Gasteiger partial charge < -0.3 is 20.0 Å². The molecule has 4 fully saturated rings. The summed E-state index contributed by atoms with van der Waals surface area (Å²) < 4.78 is 80.4. The van der Waals surface area contributed by atoms with Crippen molar-refractivity contribution in [3.8, 4) is 0 Å². The monoisotopic (exact) mass is 416 g/mol. The van der Waals surface area contributed by atoms with Gasteiger partial charge in [-0.1, -0.05) is 0 Å². The van der Waals surface area contributed by atoms with Gasteiger partial charge in [0.1, 0.15) is 0 Å². The van der Waals surface area contributed by atoms with Crippen molar-refractivity contribution in [2.75, 3.05) is 39.4 Å². The number of rotatable bonds is 2. The average molecular weight is 416 g/mol. The molecule has 6 nitrogen and oxygen atoms in total. The van der Waals surface area contributed by atoms with E-state index in [1.165, 1.54) is 0 Å². The predicted molar refractivity (Wildman–Crippen MR) is 78.4 cm³/mol. The van der Waals surface area contributed by atoms with Crippen molar-refractivity contribution >= 4 is 11.8 Å². The highest BCUT2D eigenvalue weighted by atomic mass is 19.4. The van der Waals surface area contributed by atoms with Gasteiger partial charge in [-0.05, 0) is 12.8 Å². The van der Waals surface area contributed by atoms with Crippen LogP contribution in [0.25, 0.3) is 0 Å². The molecule has 0 unspecified atom stereocenters. The molecule has 2 aliphatic carbocycles. The molecule has 28 heavy (non-hydrogen) atoms. The Hall–Kier alpha value is -1.56. The summed E-state index contributed by atoms with van der Waals surface area (Å²) in [5.41, 5.74) is -7.68. The second-order valence-electron chi connectivity index (χ2n) is 8.71. The minimum Gasteiger partial charge on any atom is -0.396 e. The number of nitrogens with zero attached hydrogens (tertiary/aromatic N) is 2. The van der Waals surface area contributed by atoms with E-state index in [0.29, 0.717) is 9.80 Å². The SMILES string of the molecule is O=C(C(=O)N1C[C@@]2(CO)C[C@@]2(C(F)(F)F)C1)N1C[C@@]2(CO)C[C@@]2(C(F)(F)F)C1. The van der Waals surface area contributed by atoms with E-state index in [-0.39, 0.29) is 12.8 Å². The van der Waals surface area contributed by atoms with Crippen molar-refractivity contribution in [1.82, 2.24) is 9.80 Å². The lowest BCUT2D eigenvalue weighted by Crippen LogP contribution is -2.47. The largest absolute Gasteiger partial charge is 0.396 e. The van der Waals surface area contributed by atoms with Gasteiger partial charge in [0.2, 0.25) is 0 Å². The summed E-state index contributed by atoms with van der Waals surface area (Å²) in [5, 5.41) is 18.8. The fourth-order valence-electron chi connectivity index (χ4n) is 5.48. The lowest BCUT2D eigenvalue weighted by atomic mass is 9.97. The number of hydrogen-bond donors (Lipinski definition) is 2. The van der Waals surface area contributed by atoms with Crippen LogP contribution in [0.15, 0.2) is 0 Å². The average Bonchev–Trinajstić information content (AvgIpc) is 3.37. The molecule has 2 heterocycles. The Morgan fingerprint density at radius 3 is 1.25 bits per heavy atom. The first-order chi connectivity index (χ1) is 12.7. The third-order valence-corrected chi connectivity index (χ3v) is 7.42. The van der Waals surface area contributed by atoms with Gasteiger partial charge in [-0.2, -0.15) is 26.3 Å². The van der Waals surface area contributed by atoms with Crippen molar-refractivity contribution in [2.45, 2.75) is 25.2 Å². The number of likely N-dealkylation sites (tertiary alicyclic amines) is 2. The van der Waals surface area contributed by atoms with E-state index in [4.69, 9.17) is 0 Å². The van der Waals surface area contributed by atoms with E-state index in [0.717, 1.165) is 0 Å². The topological polar surface area (TPSA) is 81.1 Å². The molecule has 0 bridgehead atoms. The highest BCUT2D eigenvalue weighted by Gasteiger charge is 2.85. The second kappa shape index (κ2) is 5.13. The van der Waals surface area contributed by atoms with Gasteiger partial charge in [-0.15, -0.1) is 0 Å². The van der Waals surface area contributed by atoms with E-state index in [9.17, 15) is 46.1 Å². The highest BCUT2D eigenvalue weighted by Crippen LogP contribution is 2.75. The van der Waals surface area contributed by atoms with Crippen LogP contribution in [0.2, 0.25) is 0 Å². The van der Waals surface area contributed by atoms with Crippen molar-refractivity contribution in [2.24, 2.45) is 21.7 Å². The van der Waals surface area contributed by atoms with Gasteiger partial charge in [0.25, 0.3) is 0 Å². The van der Waals surface area contributed by atoms with Gasteiger partial charge in [0.05, 0.1) is 24.0 Å². The Kier molecular flexibility index (Phi) is 3.62. The molecular weight excluding hydrogens is 398 g/mol. The molecule has 0 spiro atoms. The number of alkyl halides is 6. The van der Waals surface area contributed by atoms with Crippen molar-refractivity contribution in [1.29, 1.82) is 0 Å². The first-order valence-electron chi connectivity index (χ1n) is 8.67. The number of carbonyl (C=O) groups is 2. The lowest BCUT2D eigenvalue weighted by Gasteiger charge is -2.26. The molecule has 0 aromatic carbocycles. The van der Waals surface area contributed by atoms with Crippen LogP contribution in [0.3, 0.4) is 0 Å². The zero-order valence-electron chi connectivity index (χ0n) is 14.5. The molecule has 4 aliphatic rings.